The van der Waals surface area contributed by atoms with Gasteiger partial charge in [0.1, 0.15) is 0 Å². The van der Waals surface area contributed by atoms with E-state index in [-0.39, 0.29) is 49.4 Å². The van der Waals surface area contributed by atoms with Gasteiger partial charge in [0.2, 0.25) is 11.8 Å². The molecule has 2 amide bonds. The van der Waals surface area contributed by atoms with Crippen LogP contribution >= 0.6 is 11.8 Å². The summed E-state index contributed by atoms with van der Waals surface area (Å²) in [5, 5.41) is 23.9. The molecule has 4 atom stereocenters. The van der Waals surface area contributed by atoms with Crippen LogP contribution in [-0.4, -0.2) is 39.9 Å². The summed E-state index contributed by atoms with van der Waals surface area (Å²) in [5.41, 5.74) is 3.76. The van der Waals surface area contributed by atoms with Crippen molar-refractivity contribution in [2.24, 2.45) is 5.92 Å². The third-order valence-corrected chi connectivity index (χ3v) is 7.82. The van der Waals surface area contributed by atoms with E-state index in [0.29, 0.717) is 11.4 Å². The maximum Gasteiger partial charge on any atom is 0.303 e. The first-order valence-electron chi connectivity index (χ1n) is 13.3. The Balaban J connectivity index is 1.53. The number of nitrogens with one attached hydrogen (secondary N) is 2. The van der Waals surface area contributed by atoms with Gasteiger partial charge in [0.05, 0.1) is 25.2 Å². The fourth-order valence-electron chi connectivity index (χ4n) is 4.53. The number of hydrogen-bond acceptors (Lipinski definition) is 7. The van der Waals surface area contributed by atoms with Crippen LogP contribution in [0.2, 0.25) is 0 Å². The van der Waals surface area contributed by atoms with Crippen molar-refractivity contribution in [3.63, 3.8) is 0 Å². The number of rotatable bonds is 11. The lowest BCUT2D eigenvalue weighted by atomic mass is 9.91. The maximum absolute atomic E-state index is 12.2. The van der Waals surface area contributed by atoms with Crippen molar-refractivity contribution < 1.29 is 34.1 Å². The first-order chi connectivity index (χ1) is 19.7. The van der Waals surface area contributed by atoms with Crippen LogP contribution in [-0.2, 0) is 30.5 Å². The largest absolute Gasteiger partial charge is 0.481 e. The van der Waals surface area contributed by atoms with E-state index in [1.165, 1.54) is 6.92 Å². The monoisotopic (exact) mass is 578 g/mol. The van der Waals surface area contributed by atoms with E-state index in [2.05, 4.69) is 17.6 Å². The van der Waals surface area contributed by atoms with E-state index in [4.69, 9.17) is 14.6 Å². The molecule has 1 saturated heterocycles. The molecule has 1 fully saturated rings. The number of carboxylic acids is 1. The molecule has 41 heavy (non-hydrogen) atoms. The van der Waals surface area contributed by atoms with E-state index in [9.17, 15) is 19.5 Å². The van der Waals surface area contributed by atoms with Crippen LogP contribution in [0.5, 0.6) is 0 Å². The summed E-state index contributed by atoms with van der Waals surface area (Å²) in [7, 11) is 0. The highest BCUT2D eigenvalue weighted by Crippen LogP contribution is 2.43. The molecular weight excluding hydrogens is 544 g/mol. The molecule has 0 bridgehead atoms. The molecule has 0 aliphatic carbocycles. The van der Waals surface area contributed by atoms with E-state index in [1.807, 2.05) is 54.6 Å². The zero-order valence-corrected chi connectivity index (χ0v) is 23.7. The van der Waals surface area contributed by atoms with E-state index < -0.39 is 12.3 Å². The van der Waals surface area contributed by atoms with Crippen LogP contribution in [0.25, 0.3) is 0 Å². The highest BCUT2D eigenvalue weighted by Gasteiger charge is 2.38. The third kappa shape index (κ3) is 8.64. The van der Waals surface area contributed by atoms with Gasteiger partial charge in [0.25, 0.3) is 0 Å². The first-order valence-corrected chi connectivity index (χ1v) is 14.3. The average Bonchev–Trinajstić information content (AvgIpc) is 2.96. The van der Waals surface area contributed by atoms with Gasteiger partial charge in [-0.1, -0.05) is 43.3 Å². The van der Waals surface area contributed by atoms with E-state index >= 15 is 0 Å². The molecule has 4 rings (SSSR count). The summed E-state index contributed by atoms with van der Waals surface area (Å²) >= 11 is 1.65. The number of aliphatic carboxylic acids is 1. The number of aliphatic hydroxyl groups is 1. The Hall–Kier alpha value is -3.70. The Morgan fingerprint density at radius 3 is 2.27 bits per heavy atom. The molecule has 0 spiro atoms. The topological polar surface area (TPSA) is 134 Å². The second-order valence-electron chi connectivity index (χ2n) is 9.91. The van der Waals surface area contributed by atoms with Gasteiger partial charge in [0.15, 0.2) is 6.29 Å². The number of hydrogen-bond donors (Lipinski definition) is 4. The Kier molecular flexibility index (Phi) is 10.5. The van der Waals surface area contributed by atoms with Gasteiger partial charge >= 0.3 is 5.97 Å². The molecule has 0 aromatic heterocycles. The number of carboxylic acid groups (broad SMARTS) is 1. The van der Waals surface area contributed by atoms with Gasteiger partial charge in [-0.2, -0.15) is 0 Å². The van der Waals surface area contributed by atoms with Crippen molar-refractivity contribution in [2.45, 2.75) is 56.7 Å². The van der Waals surface area contributed by atoms with Crippen LogP contribution in [0.4, 0.5) is 11.4 Å². The standard InChI is InChI=1S/C31H34N2O7S/c1-19-27(18-41-26-12-10-24(11-13-26)32-20(2)35)39-31(40-30(19)22-8-6-21(17-34)7-9-22)23-4-3-5-25(16-23)33-28(36)14-15-29(37)38/h3-13,16,19,27,30-31,34H,14-15,17-18H2,1-2H3,(H,32,35)(H,33,36)(H,37,38)/t19-,27+,30+,31+/m0/s1. The van der Waals surface area contributed by atoms with Gasteiger partial charge in [-0.05, 0) is 47.5 Å². The smallest absolute Gasteiger partial charge is 0.303 e. The normalized spacial score (nSPS) is 20.3. The minimum absolute atomic E-state index is 0.00344. The number of carbonyl (C=O) groups is 3. The predicted molar refractivity (Wildman–Crippen MR) is 156 cm³/mol. The number of carbonyl (C=O) groups excluding carboxylic acids is 2. The molecule has 216 valence electrons. The lowest BCUT2D eigenvalue weighted by molar-refractivity contribution is -0.268. The molecule has 4 N–H and O–H groups in total. The Morgan fingerprint density at radius 2 is 1.61 bits per heavy atom. The van der Waals surface area contributed by atoms with Crippen LogP contribution in [0.3, 0.4) is 0 Å². The molecule has 3 aromatic rings. The van der Waals surface area contributed by atoms with Crippen LogP contribution in [0.1, 0.15) is 55.8 Å². The summed E-state index contributed by atoms with van der Waals surface area (Å²) in [6.45, 7) is 3.52. The maximum atomic E-state index is 12.2. The molecule has 0 radical (unpaired) electrons. The number of benzene rings is 3. The Bertz CT molecular complexity index is 1350. The second kappa shape index (κ2) is 14.3. The SMILES string of the molecule is CC(=O)Nc1ccc(SC[C@H]2O[C@@H](c3cccc(NC(=O)CCC(=O)O)c3)O[C@@H](c3ccc(CO)cc3)[C@H]2C)cc1. The van der Waals surface area contributed by atoms with Gasteiger partial charge < -0.3 is 30.3 Å². The number of anilines is 2. The molecule has 9 nitrogen and oxygen atoms in total. The number of amides is 2. The Labute approximate surface area is 243 Å². The number of ether oxygens (including phenoxy) is 2. The first kappa shape index (κ1) is 30.3. The van der Waals surface area contributed by atoms with Gasteiger partial charge in [0, 0.05) is 46.8 Å². The zero-order valence-electron chi connectivity index (χ0n) is 22.9. The predicted octanol–water partition coefficient (Wildman–Crippen LogP) is 5.52. The van der Waals surface area contributed by atoms with Crippen molar-refractivity contribution in [1.82, 2.24) is 0 Å². The highest BCUT2D eigenvalue weighted by atomic mass is 32.2. The fraction of sp³-hybridized carbons (Fsp3) is 0.323. The van der Waals surface area contributed by atoms with Crippen molar-refractivity contribution in [3.8, 4) is 0 Å². The van der Waals surface area contributed by atoms with Gasteiger partial charge in [-0.25, -0.2) is 0 Å². The van der Waals surface area contributed by atoms with Crippen LogP contribution < -0.4 is 10.6 Å². The molecule has 0 saturated carbocycles. The van der Waals surface area contributed by atoms with Crippen LogP contribution in [0, 0.1) is 5.92 Å². The van der Waals surface area contributed by atoms with Gasteiger partial charge in [-0.15, -0.1) is 11.8 Å². The summed E-state index contributed by atoms with van der Waals surface area (Å²) in [5.74, 6) is -0.891. The average molecular weight is 579 g/mol. The van der Waals surface area contributed by atoms with Crippen LogP contribution in [0.15, 0.2) is 77.7 Å². The molecule has 1 aliphatic heterocycles. The fourth-order valence-corrected chi connectivity index (χ4v) is 5.60. The molecule has 10 heteroatoms. The zero-order chi connectivity index (χ0) is 29.4. The van der Waals surface area contributed by atoms with Crippen molar-refractivity contribution in [1.29, 1.82) is 0 Å². The molecule has 1 aliphatic rings. The lowest BCUT2D eigenvalue weighted by Crippen LogP contribution is -2.38. The van der Waals surface area contributed by atoms with E-state index in [1.54, 1.807) is 30.0 Å². The molecule has 3 aromatic carbocycles. The molecule has 0 unspecified atom stereocenters. The molecule has 1 heterocycles. The summed E-state index contributed by atoms with van der Waals surface area (Å²) in [6.07, 6.45) is -1.56. The Morgan fingerprint density at radius 1 is 0.878 bits per heavy atom. The minimum Gasteiger partial charge on any atom is -0.481 e. The quantitative estimate of drug-likeness (QED) is 0.219. The van der Waals surface area contributed by atoms with Gasteiger partial charge in [-0.3, -0.25) is 14.4 Å². The molecular formula is C31H34N2O7S. The van der Waals surface area contributed by atoms with E-state index in [0.717, 1.165) is 27.3 Å². The summed E-state index contributed by atoms with van der Waals surface area (Å²) in [4.78, 5) is 35.4. The third-order valence-electron chi connectivity index (χ3n) is 6.72. The minimum atomic E-state index is -1.03. The second-order valence-corrected chi connectivity index (χ2v) is 11.0. The van der Waals surface area contributed by atoms with Crippen molar-refractivity contribution >= 4 is 40.9 Å². The van der Waals surface area contributed by atoms with Crippen molar-refractivity contribution in [3.05, 3.63) is 89.5 Å². The summed E-state index contributed by atoms with van der Waals surface area (Å²) < 4.78 is 13.0. The lowest BCUT2D eigenvalue weighted by Gasteiger charge is -2.41. The summed E-state index contributed by atoms with van der Waals surface area (Å²) in [6, 6.07) is 22.5. The highest BCUT2D eigenvalue weighted by molar-refractivity contribution is 7.99. The van der Waals surface area contributed by atoms with Crippen molar-refractivity contribution in [2.75, 3.05) is 16.4 Å². The number of thioether (sulfide) groups is 1. The number of aliphatic hydroxyl groups excluding tert-OH is 1.